The lowest BCUT2D eigenvalue weighted by Gasteiger charge is -2.21. The Morgan fingerprint density at radius 3 is 1.65 bits per heavy atom. The van der Waals surface area contributed by atoms with Crippen LogP contribution in [0.2, 0.25) is 0 Å². The van der Waals surface area contributed by atoms with E-state index in [9.17, 15) is 0 Å². The zero-order valence-corrected chi connectivity index (χ0v) is 29.7. The van der Waals surface area contributed by atoms with E-state index >= 15 is 0 Å². The van der Waals surface area contributed by atoms with Crippen molar-refractivity contribution in [3.8, 4) is 67.5 Å². The molecule has 3 nitrogen and oxygen atoms in total. The fraction of sp³-hybridized carbons (Fsp3) is 0.0625. The molecule has 0 saturated carbocycles. The van der Waals surface area contributed by atoms with E-state index in [-0.39, 0.29) is 5.41 Å². The summed E-state index contributed by atoms with van der Waals surface area (Å²) >= 11 is 1.79. The molecule has 9 aromatic rings. The summed E-state index contributed by atoms with van der Waals surface area (Å²) in [5.41, 5.74) is 12.6. The van der Waals surface area contributed by atoms with Gasteiger partial charge < -0.3 is 0 Å². The quantitative estimate of drug-likeness (QED) is 0.181. The Hall–Kier alpha value is -6.23. The summed E-state index contributed by atoms with van der Waals surface area (Å²) in [6.07, 6.45) is 0. The lowest BCUT2D eigenvalue weighted by molar-refractivity contribution is 0.660. The summed E-state index contributed by atoms with van der Waals surface area (Å²) in [5.74, 6) is 1.97. The molecule has 1 aliphatic rings. The molecule has 7 aromatic carbocycles. The van der Waals surface area contributed by atoms with E-state index in [0.29, 0.717) is 17.5 Å². The zero-order valence-electron chi connectivity index (χ0n) is 28.8. The van der Waals surface area contributed by atoms with Crippen molar-refractivity contribution in [2.24, 2.45) is 0 Å². The van der Waals surface area contributed by atoms with E-state index in [4.69, 9.17) is 15.0 Å². The lowest BCUT2D eigenvalue weighted by atomic mass is 9.82. The third-order valence-electron chi connectivity index (χ3n) is 10.6. The molecule has 0 amide bonds. The highest BCUT2D eigenvalue weighted by Gasteiger charge is 2.37. The SMILES string of the molecule is CC1(C)c2ccccc2-c2c(-c3ccccc3-c3nc(-c4ccccc4-c4ccccc4)nc(-c4cccc5c4sc4ccccc45)n3)cccc21. The third kappa shape index (κ3) is 4.75. The van der Waals surface area contributed by atoms with E-state index < -0.39 is 0 Å². The van der Waals surface area contributed by atoms with Gasteiger partial charge in [-0.05, 0) is 56.6 Å². The number of rotatable bonds is 5. The predicted octanol–water partition coefficient (Wildman–Crippen LogP) is 12.9. The summed E-state index contributed by atoms with van der Waals surface area (Å²) in [6, 6.07) is 58.2. The number of hydrogen-bond donors (Lipinski definition) is 0. The average Bonchev–Trinajstić information content (AvgIpc) is 3.70. The first kappa shape index (κ1) is 30.6. The smallest absolute Gasteiger partial charge is 0.165 e. The molecule has 0 aliphatic heterocycles. The van der Waals surface area contributed by atoms with Crippen molar-refractivity contribution in [3.05, 3.63) is 175 Å². The van der Waals surface area contributed by atoms with E-state index in [2.05, 4.69) is 172 Å². The van der Waals surface area contributed by atoms with E-state index in [0.717, 1.165) is 33.4 Å². The van der Waals surface area contributed by atoms with Crippen molar-refractivity contribution in [2.45, 2.75) is 19.3 Å². The first-order valence-corrected chi connectivity index (χ1v) is 18.5. The van der Waals surface area contributed by atoms with Gasteiger partial charge in [-0.2, -0.15) is 0 Å². The Morgan fingerprint density at radius 1 is 0.385 bits per heavy atom. The molecular formula is C48H33N3S. The summed E-state index contributed by atoms with van der Waals surface area (Å²) in [5, 5.41) is 2.47. The van der Waals surface area contributed by atoms with Crippen LogP contribution in [-0.2, 0) is 5.41 Å². The van der Waals surface area contributed by atoms with Gasteiger partial charge in [-0.3, -0.25) is 0 Å². The maximum Gasteiger partial charge on any atom is 0.165 e. The minimum absolute atomic E-state index is 0.103. The first-order valence-electron chi connectivity index (χ1n) is 17.7. The minimum Gasteiger partial charge on any atom is -0.208 e. The largest absolute Gasteiger partial charge is 0.208 e. The Bertz CT molecular complexity index is 2830. The van der Waals surface area contributed by atoms with Gasteiger partial charge in [0.25, 0.3) is 0 Å². The minimum atomic E-state index is -0.103. The van der Waals surface area contributed by atoms with Crippen LogP contribution in [0.4, 0.5) is 0 Å². The van der Waals surface area contributed by atoms with E-state index in [1.807, 2.05) is 6.07 Å². The highest BCUT2D eigenvalue weighted by molar-refractivity contribution is 7.26. The van der Waals surface area contributed by atoms with Gasteiger partial charge >= 0.3 is 0 Å². The van der Waals surface area contributed by atoms with Gasteiger partial charge in [-0.1, -0.05) is 166 Å². The molecule has 52 heavy (non-hydrogen) atoms. The number of nitrogens with zero attached hydrogens (tertiary/aromatic N) is 3. The van der Waals surface area contributed by atoms with Gasteiger partial charge in [0.05, 0.1) is 0 Å². The molecule has 4 heteroatoms. The lowest BCUT2D eigenvalue weighted by Crippen LogP contribution is -2.14. The van der Waals surface area contributed by atoms with Gasteiger partial charge in [0, 0.05) is 42.3 Å². The van der Waals surface area contributed by atoms with Crippen molar-refractivity contribution in [1.82, 2.24) is 15.0 Å². The second-order valence-corrected chi connectivity index (χ2v) is 15.0. The highest BCUT2D eigenvalue weighted by Crippen LogP contribution is 2.53. The summed E-state index contributed by atoms with van der Waals surface area (Å²) < 4.78 is 2.43. The molecule has 10 rings (SSSR count). The highest BCUT2D eigenvalue weighted by atomic mass is 32.1. The van der Waals surface area contributed by atoms with Gasteiger partial charge in [0.1, 0.15) is 0 Å². The fourth-order valence-corrected chi connectivity index (χ4v) is 9.31. The van der Waals surface area contributed by atoms with Gasteiger partial charge in [-0.25, -0.2) is 15.0 Å². The molecule has 0 saturated heterocycles. The van der Waals surface area contributed by atoms with Crippen LogP contribution in [-0.4, -0.2) is 15.0 Å². The van der Waals surface area contributed by atoms with Gasteiger partial charge in [0.2, 0.25) is 0 Å². The third-order valence-corrected chi connectivity index (χ3v) is 11.8. The van der Waals surface area contributed by atoms with Crippen LogP contribution in [0.5, 0.6) is 0 Å². The molecule has 2 aromatic heterocycles. The Kier molecular flexibility index (Phi) is 7.02. The average molecular weight is 684 g/mol. The summed E-state index contributed by atoms with van der Waals surface area (Å²) in [7, 11) is 0. The van der Waals surface area contributed by atoms with E-state index in [1.54, 1.807) is 11.3 Å². The molecule has 246 valence electrons. The molecule has 2 heterocycles. The fourth-order valence-electron chi connectivity index (χ4n) is 8.10. The van der Waals surface area contributed by atoms with Crippen molar-refractivity contribution in [3.63, 3.8) is 0 Å². The van der Waals surface area contributed by atoms with Crippen LogP contribution in [0.25, 0.3) is 87.7 Å². The van der Waals surface area contributed by atoms with Crippen molar-refractivity contribution < 1.29 is 0 Å². The van der Waals surface area contributed by atoms with E-state index in [1.165, 1.54) is 48.0 Å². The molecule has 0 fully saturated rings. The topological polar surface area (TPSA) is 38.7 Å². The standard InChI is InChI=1S/C48H33N3S/c1-48(2)40-27-12-10-23-38(40)43-34(24-15-28-41(43)48)32-19-7-9-22-37(32)46-49-45(36-21-8-6-18-31(36)30-16-4-3-5-17-30)50-47(51-46)39-26-14-25-35-33-20-11-13-29-42(33)52-44(35)39/h3-29H,1-2H3. The summed E-state index contributed by atoms with van der Waals surface area (Å²) in [4.78, 5) is 16.0. The number of aromatic nitrogens is 3. The second kappa shape index (κ2) is 11.9. The Labute approximate surface area is 307 Å². The molecule has 0 N–H and O–H groups in total. The van der Waals surface area contributed by atoms with Crippen LogP contribution in [0.3, 0.4) is 0 Å². The maximum atomic E-state index is 5.36. The van der Waals surface area contributed by atoms with Crippen LogP contribution < -0.4 is 0 Å². The van der Waals surface area contributed by atoms with Crippen LogP contribution >= 0.6 is 11.3 Å². The molecular weight excluding hydrogens is 651 g/mol. The molecule has 0 radical (unpaired) electrons. The monoisotopic (exact) mass is 683 g/mol. The maximum absolute atomic E-state index is 5.36. The van der Waals surface area contributed by atoms with Gasteiger partial charge in [0.15, 0.2) is 17.5 Å². The Morgan fingerprint density at radius 2 is 0.885 bits per heavy atom. The summed E-state index contributed by atoms with van der Waals surface area (Å²) in [6.45, 7) is 4.66. The number of thiophene rings is 1. The molecule has 0 bridgehead atoms. The Balaban J connectivity index is 1.24. The molecule has 0 unspecified atom stereocenters. The first-order chi connectivity index (χ1) is 25.6. The number of benzene rings is 7. The van der Waals surface area contributed by atoms with Crippen molar-refractivity contribution >= 4 is 31.5 Å². The molecule has 0 spiro atoms. The van der Waals surface area contributed by atoms with Crippen LogP contribution in [0, 0.1) is 0 Å². The zero-order chi connectivity index (χ0) is 34.8. The normalized spacial score (nSPS) is 13.0. The number of hydrogen-bond acceptors (Lipinski definition) is 4. The molecule has 0 atom stereocenters. The predicted molar refractivity (Wildman–Crippen MR) is 217 cm³/mol. The second-order valence-electron chi connectivity index (χ2n) is 13.9. The van der Waals surface area contributed by atoms with Crippen molar-refractivity contribution in [1.29, 1.82) is 0 Å². The van der Waals surface area contributed by atoms with Crippen molar-refractivity contribution in [2.75, 3.05) is 0 Å². The van der Waals surface area contributed by atoms with Crippen LogP contribution in [0.15, 0.2) is 164 Å². The van der Waals surface area contributed by atoms with Crippen LogP contribution in [0.1, 0.15) is 25.0 Å². The number of fused-ring (bicyclic) bond motifs is 6. The molecule has 1 aliphatic carbocycles. The van der Waals surface area contributed by atoms with Gasteiger partial charge in [-0.15, -0.1) is 11.3 Å².